The van der Waals surface area contributed by atoms with Crippen molar-refractivity contribution in [3.63, 3.8) is 0 Å². The minimum atomic E-state index is -0.0363. The Kier molecular flexibility index (Phi) is 5.18. The fraction of sp³-hybridized carbons (Fsp3) is 0.611. The molecule has 2 amide bonds. The van der Waals surface area contributed by atoms with E-state index >= 15 is 0 Å². The summed E-state index contributed by atoms with van der Waals surface area (Å²) in [6.07, 6.45) is 3.33. The summed E-state index contributed by atoms with van der Waals surface area (Å²) < 4.78 is 5.10. The van der Waals surface area contributed by atoms with E-state index in [1.54, 1.807) is 7.11 Å². The van der Waals surface area contributed by atoms with E-state index in [1.807, 2.05) is 6.07 Å². The average molecular weight is 317 g/mol. The fourth-order valence-electron chi connectivity index (χ4n) is 3.37. The Morgan fingerprint density at radius 3 is 2.83 bits per heavy atom. The molecule has 0 unspecified atom stereocenters. The van der Waals surface area contributed by atoms with Crippen molar-refractivity contribution in [2.45, 2.75) is 30.7 Å². The SMILES string of the molecule is COCCN1CC[C@H](NC(=O)NCC2(c3ccccc3)CC2)C1. The molecule has 126 valence electrons. The second-order valence-electron chi connectivity index (χ2n) is 6.75. The zero-order valence-electron chi connectivity index (χ0n) is 13.9. The van der Waals surface area contributed by atoms with E-state index in [-0.39, 0.29) is 17.5 Å². The van der Waals surface area contributed by atoms with Crippen LogP contribution in [0, 0.1) is 0 Å². The van der Waals surface area contributed by atoms with E-state index < -0.39 is 0 Å². The van der Waals surface area contributed by atoms with Crippen LogP contribution in [0.4, 0.5) is 4.79 Å². The van der Waals surface area contributed by atoms with E-state index in [0.29, 0.717) is 0 Å². The van der Waals surface area contributed by atoms with Crippen LogP contribution in [0.2, 0.25) is 0 Å². The van der Waals surface area contributed by atoms with Gasteiger partial charge in [-0.05, 0) is 24.8 Å². The Morgan fingerprint density at radius 2 is 2.13 bits per heavy atom. The highest BCUT2D eigenvalue weighted by atomic mass is 16.5. The Morgan fingerprint density at radius 1 is 1.35 bits per heavy atom. The molecule has 23 heavy (non-hydrogen) atoms. The molecule has 1 aliphatic heterocycles. The van der Waals surface area contributed by atoms with E-state index in [1.165, 1.54) is 5.56 Å². The van der Waals surface area contributed by atoms with Gasteiger partial charge in [0.15, 0.2) is 0 Å². The lowest BCUT2D eigenvalue weighted by Gasteiger charge is -2.19. The highest BCUT2D eigenvalue weighted by Gasteiger charge is 2.44. The van der Waals surface area contributed by atoms with Gasteiger partial charge in [-0.2, -0.15) is 0 Å². The lowest BCUT2D eigenvalue weighted by atomic mass is 9.96. The van der Waals surface area contributed by atoms with Crippen LogP contribution in [0.3, 0.4) is 0 Å². The monoisotopic (exact) mass is 317 g/mol. The van der Waals surface area contributed by atoms with Crippen LogP contribution < -0.4 is 10.6 Å². The van der Waals surface area contributed by atoms with Gasteiger partial charge in [-0.15, -0.1) is 0 Å². The van der Waals surface area contributed by atoms with Gasteiger partial charge in [0, 0.05) is 44.7 Å². The number of rotatable bonds is 7. The Hall–Kier alpha value is -1.59. The molecular formula is C18H27N3O2. The van der Waals surface area contributed by atoms with Gasteiger partial charge in [0.2, 0.25) is 0 Å². The van der Waals surface area contributed by atoms with Gasteiger partial charge in [-0.25, -0.2) is 4.79 Å². The standard InChI is InChI=1S/C18H27N3O2/c1-23-12-11-21-10-7-16(13-21)20-17(22)19-14-18(8-9-18)15-5-3-2-4-6-15/h2-6,16H,7-14H2,1H3,(H2,19,20,22)/t16-/m0/s1. The first kappa shape index (κ1) is 16.3. The first-order chi connectivity index (χ1) is 11.2. The highest BCUT2D eigenvalue weighted by molar-refractivity contribution is 5.74. The molecule has 1 aromatic carbocycles. The van der Waals surface area contributed by atoms with Gasteiger partial charge < -0.3 is 15.4 Å². The molecule has 0 spiro atoms. The third-order valence-electron chi connectivity index (χ3n) is 5.05. The number of amides is 2. The molecule has 1 saturated carbocycles. The van der Waals surface area contributed by atoms with Gasteiger partial charge in [0.1, 0.15) is 0 Å². The van der Waals surface area contributed by atoms with Crippen LogP contribution >= 0.6 is 0 Å². The van der Waals surface area contributed by atoms with Crippen molar-refractivity contribution >= 4 is 6.03 Å². The number of hydrogen-bond acceptors (Lipinski definition) is 3. The number of carbonyl (C=O) groups excluding carboxylic acids is 1. The number of hydrogen-bond donors (Lipinski definition) is 2. The molecule has 2 fully saturated rings. The van der Waals surface area contributed by atoms with Crippen LogP contribution in [-0.2, 0) is 10.2 Å². The van der Waals surface area contributed by atoms with Gasteiger partial charge in [-0.3, -0.25) is 4.90 Å². The summed E-state index contributed by atoms with van der Waals surface area (Å²) >= 11 is 0. The lowest BCUT2D eigenvalue weighted by Crippen LogP contribution is -2.45. The molecule has 1 saturated heterocycles. The molecular weight excluding hydrogens is 290 g/mol. The van der Waals surface area contributed by atoms with Crippen LogP contribution in [0.15, 0.2) is 30.3 Å². The summed E-state index contributed by atoms with van der Waals surface area (Å²) in [5.41, 5.74) is 1.51. The zero-order chi connectivity index (χ0) is 16.1. The number of carbonyl (C=O) groups is 1. The topological polar surface area (TPSA) is 53.6 Å². The van der Waals surface area contributed by atoms with Crippen molar-refractivity contribution in [2.75, 3.05) is 39.9 Å². The maximum atomic E-state index is 12.2. The zero-order valence-corrected chi connectivity index (χ0v) is 13.9. The maximum Gasteiger partial charge on any atom is 0.315 e. The van der Waals surface area contributed by atoms with Crippen molar-refractivity contribution in [3.05, 3.63) is 35.9 Å². The van der Waals surface area contributed by atoms with E-state index in [9.17, 15) is 4.79 Å². The number of nitrogens with one attached hydrogen (secondary N) is 2. The minimum absolute atomic E-state index is 0.0363. The maximum absolute atomic E-state index is 12.2. The molecule has 1 atom stereocenters. The number of methoxy groups -OCH3 is 1. The van der Waals surface area contributed by atoms with Crippen molar-refractivity contribution in [3.8, 4) is 0 Å². The Balaban J connectivity index is 1.41. The van der Waals surface area contributed by atoms with E-state index in [2.05, 4.69) is 39.8 Å². The van der Waals surface area contributed by atoms with Crippen LogP contribution in [0.5, 0.6) is 0 Å². The summed E-state index contributed by atoms with van der Waals surface area (Å²) in [5, 5.41) is 6.18. The largest absolute Gasteiger partial charge is 0.383 e. The molecule has 0 radical (unpaired) electrons. The number of urea groups is 1. The molecule has 1 aliphatic carbocycles. The molecule has 0 aromatic heterocycles. The minimum Gasteiger partial charge on any atom is -0.383 e. The van der Waals surface area contributed by atoms with Gasteiger partial charge in [-0.1, -0.05) is 30.3 Å². The van der Waals surface area contributed by atoms with Gasteiger partial charge in [0.25, 0.3) is 0 Å². The van der Waals surface area contributed by atoms with Crippen LogP contribution in [0.25, 0.3) is 0 Å². The van der Waals surface area contributed by atoms with Gasteiger partial charge in [0.05, 0.1) is 6.61 Å². The van der Waals surface area contributed by atoms with Crippen molar-refractivity contribution in [1.82, 2.24) is 15.5 Å². The molecule has 1 aromatic rings. The summed E-state index contributed by atoms with van der Waals surface area (Å²) in [6, 6.07) is 10.7. The van der Waals surface area contributed by atoms with E-state index in [4.69, 9.17) is 4.74 Å². The molecule has 5 nitrogen and oxygen atoms in total. The number of nitrogens with zero attached hydrogens (tertiary/aromatic N) is 1. The number of likely N-dealkylation sites (tertiary alicyclic amines) is 1. The summed E-state index contributed by atoms with van der Waals surface area (Å²) in [4.78, 5) is 14.5. The normalized spacial score (nSPS) is 22.7. The first-order valence-electron chi connectivity index (χ1n) is 8.53. The number of ether oxygens (including phenoxy) is 1. The second-order valence-corrected chi connectivity index (χ2v) is 6.75. The summed E-state index contributed by atoms with van der Waals surface area (Å²) in [6.45, 7) is 4.36. The lowest BCUT2D eigenvalue weighted by molar-refractivity contribution is 0.159. The molecule has 0 bridgehead atoms. The third kappa shape index (κ3) is 4.24. The van der Waals surface area contributed by atoms with Crippen molar-refractivity contribution < 1.29 is 9.53 Å². The Bertz CT molecular complexity index is 516. The average Bonchev–Trinajstić information content (AvgIpc) is 3.25. The van der Waals surface area contributed by atoms with Crippen LogP contribution in [0.1, 0.15) is 24.8 Å². The second kappa shape index (κ2) is 7.32. The molecule has 2 aliphatic rings. The Labute approximate surface area is 138 Å². The van der Waals surface area contributed by atoms with Crippen molar-refractivity contribution in [2.24, 2.45) is 0 Å². The smallest absolute Gasteiger partial charge is 0.315 e. The van der Waals surface area contributed by atoms with Crippen LogP contribution in [-0.4, -0.2) is 56.9 Å². The number of benzene rings is 1. The predicted octanol–water partition coefficient (Wildman–Crippen LogP) is 1.74. The molecule has 5 heteroatoms. The summed E-state index contributed by atoms with van der Waals surface area (Å²) in [5.74, 6) is 0. The summed E-state index contributed by atoms with van der Waals surface area (Å²) in [7, 11) is 1.72. The predicted molar refractivity (Wildman–Crippen MR) is 90.6 cm³/mol. The molecule has 3 rings (SSSR count). The molecule has 1 heterocycles. The van der Waals surface area contributed by atoms with E-state index in [0.717, 1.165) is 52.0 Å². The third-order valence-corrected chi connectivity index (χ3v) is 5.05. The highest BCUT2D eigenvalue weighted by Crippen LogP contribution is 2.47. The van der Waals surface area contributed by atoms with Crippen molar-refractivity contribution in [1.29, 1.82) is 0 Å². The molecule has 2 N–H and O–H groups in total. The quantitative estimate of drug-likeness (QED) is 0.805. The fourth-order valence-corrected chi connectivity index (χ4v) is 3.37. The first-order valence-corrected chi connectivity index (χ1v) is 8.53. The van der Waals surface area contributed by atoms with Gasteiger partial charge >= 0.3 is 6.03 Å².